The zero-order valence-electron chi connectivity index (χ0n) is 7.29. The van der Waals surface area contributed by atoms with E-state index in [0.717, 1.165) is 10.0 Å². The van der Waals surface area contributed by atoms with Crippen LogP contribution in [0, 0.1) is 6.92 Å². The van der Waals surface area contributed by atoms with Gasteiger partial charge in [-0.1, -0.05) is 11.6 Å². The van der Waals surface area contributed by atoms with Crippen LogP contribution in [0.5, 0.6) is 0 Å². The molecule has 0 atom stereocenters. The Kier molecular flexibility index (Phi) is 2.33. The monoisotopic (exact) mass is 272 g/mol. The Labute approximate surface area is 93.5 Å². The van der Waals surface area contributed by atoms with Crippen molar-refractivity contribution in [2.45, 2.75) is 6.92 Å². The Morgan fingerprint density at radius 3 is 2.93 bits per heavy atom. The summed E-state index contributed by atoms with van der Waals surface area (Å²) in [6, 6.07) is 3.18. The molecule has 3 nitrogen and oxygen atoms in total. The molecule has 0 N–H and O–H groups in total. The summed E-state index contributed by atoms with van der Waals surface area (Å²) in [6.45, 7) is 1.88. The minimum atomic E-state index is -0.176. The van der Waals surface area contributed by atoms with Crippen LogP contribution in [0.25, 0.3) is 5.65 Å². The van der Waals surface area contributed by atoms with Gasteiger partial charge in [0.15, 0.2) is 0 Å². The minimum absolute atomic E-state index is 0.176. The Balaban J connectivity index is 3.02. The lowest BCUT2D eigenvalue weighted by atomic mass is 10.3. The SMILES string of the molecule is Cc1cc(Br)cn2c(=O)cc(Cl)nc12. The number of aromatic nitrogens is 2. The van der Waals surface area contributed by atoms with E-state index in [1.165, 1.54) is 10.5 Å². The summed E-state index contributed by atoms with van der Waals surface area (Å²) in [7, 11) is 0. The maximum Gasteiger partial charge on any atom is 0.259 e. The fourth-order valence-electron chi connectivity index (χ4n) is 1.30. The van der Waals surface area contributed by atoms with E-state index in [2.05, 4.69) is 20.9 Å². The third-order valence-corrected chi connectivity index (χ3v) is 2.51. The Morgan fingerprint density at radius 2 is 2.21 bits per heavy atom. The van der Waals surface area contributed by atoms with Crippen LogP contribution in [0.4, 0.5) is 0 Å². The highest BCUT2D eigenvalue weighted by atomic mass is 79.9. The second kappa shape index (κ2) is 3.37. The van der Waals surface area contributed by atoms with Crippen LogP contribution in [0.15, 0.2) is 27.6 Å². The lowest BCUT2D eigenvalue weighted by molar-refractivity contribution is 1.03. The molecule has 5 heteroatoms. The van der Waals surface area contributed by atoms with Crippen molar-refractivity contribution in [3.05, 3.63) is 43.9 Å². The molecular weight excluding hydrogens is 267 g/mol. The predicted octanol–water partition coefficient (Wildman–Crippen LogP) is 2.42. The molecule has 2 heterocycles. The van der Waals surface area contributed by atoms with E-state index in [9.17, 15) is 4.79 Å². The number of fused-ring (bicyclic) bond motifs is 1. The van der Waals surface area contributed by atoms with Gasteiger partial charge in [-0.05, 0) is 34.5 Å². The molecule has 14 heavy (non-hydrogen) atoms. The summed E-state index contributed by atoms with van der Waals surface area (Å²) in [5.41, 5.74) is 1.31. The van der Waals surface area contributed by atoms with Crippen molar-refractivity contribution in [2.24, 2.45) is 0 Å². The highest BCUT2D eigenvalue weighted by molar-refractivity contribution is 9.10. The average Bonchev–Trinajstić information content (AvgIpc) is 2.07. The van der Waals surface area contributed by atoms with Gasteiger partial charge in [-0.2, -0.15) is 0 Å². The van der Waals surface area contributed by atoms with Gasteiger partial charge in [0.2, 0.25) is 0 Å². The maximum absolute atomic E-state index is 11.5. The van der Waals surface area contributed by atoms with Crippen molar-refractivity contribution in [2.75, 3.05) is 0 Å². The standard InChI is InChI=1S/C9H6BrClN2O/c1-5-2-6(10)4-13-8(14)3-7(11)12-9(5)13/h2-4H,1H3. The van der Waals surface area contributed by atoms with Crippen LogP contribution in [-0.4, -0.2) is 9.38 Å². The van der Waals surface area contributed by atoms with Gasteiger partial charge < -0.3 is 0 Å². The van der Waals surface area contributed by atoms with Gasteiger partial charge in [-0.25, -0.2) is 4.98 Å². The molecule has 0 aliphatic rings. The summed E-state index contributed by atoms with van der Waals surface area (Å²) in [4.78, 5) is 15.6. The number of nitrogens with zero attached hydrogens (tertiary/aromatic N) is 2. The van der Waals surface area contributed by atoms with Crippen LogP contribution in [-0.2, 0) is 0 Å². The molecule has 0 saturated heterocycles. The summed E-state index contributed by atoms with van der Waals surface area (Å²) in [5, 5.41) is 0.223. The largest absolute Gasteiger partial charge is 0.269 e. The van der Waals surface area contributed by atoms with Crippen molar-refractivity contribution < 1.29 is 0 Å². The van der Waals surface area contributed by atoms with E-state index < -0.39 is 0 Å². The van der Waals surface area contributed by atoms with Crippen LogP contribution in [0.2, 0.25) is 5.15 Å². The van der Waals surface area contributed by atoms with Crippen LogP contribution < -0.4 is 5.56 Å². The first kappa shape index (κ1) is 9.68. The molecule has 0 fully saturated rings. The van der Waals surface area contributed by atoms with Gasteiger partial charge in [0.1, 0.15) is 10.8 Å². The summed E-state index contributed by atoms with van der Waals surface area (Å²) in [6.07, 6.45) is 1.67. The Morgan fingerprint density at radius 1 is 1.50 bits per heavy atom. The molecule has 0 saturated carbocycles. The summed E-state index contributed by atoms with van der Waals surface area (Å²) in [5.74, 6) is 0. The van der Waals surface area contributed by atoms with E-state index in [4.69, 9.17) is 11.6 Å². The molecule has 0 radical (unpaired) electrons. The van der Waals surface area contributed by atoms with E-state index >= 15 is 0 Å². The number of hydrogen-bond acceptors (Lipinski definition) is 2. The van der Waals surface area contributed by atoms with Crippen LogP contribution in [0.1, 0.15) is 5.56 Å². The number of halogens is 2. The van der Waals surface area contributed by atoms with Crippen molar-refractivity contribution in [1.29, 1.82) is 0 Å². The van der Waals surface area contributed by atoms with Crippen molar-refractivity contribution in [1.82, 2.24) is 9.38 Å². The second-order valence-electron chi connectivity index (χ2n) is 2.95. The molecule has 2 rings (SSSR count). The third-order valence-electron chi connectivity index (χ3n) is 1.88. The van der Waals surface area contributed by atoms with Crippen LogP contribution >= 0.6 is 27.5 Å². The molecule has 0 unspecified atom stereocenters. The molecular formula is C9H6BrClN2O. The maximum atomic E-state index is 11.5. The summed E-state index contributed by atoms with van der Waals surface area (Å²) >= 11 is 9.01. The molecule has 0 aliphatic carbocycles. The van der Waals surface area contributed by atoms with E-state index in [-0.39, 0.29) is 10.7 Å². The molecule has 2 aromatic rings. The molecule has 2 aromatic heterocycles. The topological polar surface area (TPSA) is 34.4 Å². The highest BCUT2D eigenvalue weighted by Gasteiger charge is 2.04. The molecule has 0 spiro atoms. The van der Waals surface area contributed by atoms with Gasteiger partial charge in [0, 0.05) is 16.7 Å². The third kappa shape index (κ3) is 1.55. The lowest BCUT2D eigenvalue weighted by Gasteiger charge is -2.03. The molecule has 72 valence electrons. The first-order valence-electron chi connectivity index (χ1n) is 3.93. The quantitative estimate of drug-likeness (QED) is 0.691. The van der Waals surface area contributed by atoms with Crippen molar-refractivity contribution in [3.8, 4) is 0 Å². The number of rotatable bonds is 0. The van der Waals surface area contributed by atoms with Gasteiger partial charge in [-0.15, -0.1) is 0 Å². The van der Waals surface area contributed by atoms with Gasteiger partial charge >= 0.3 is 0 Å². The van der Waals surface area contributed by atoms with Crippen molar-refractivity contribution in [3.63, 3.8) is 0 Å². The fraction of sp³-hybridized carbons (Fsp3) is 0.111. The minimum Gasteiger partial charge on any atom is -0.269 e. The van der Waals surface area contributed by atoms with Crippen LogP contribution in [0.3, 0.4) is 0 Å². The zero-order valence-corrected chi connectivity index (χ0v) is 9.63. The van der Waals surface area contributed by atoms with Gasteiger partial charge in [0.25, 0.3) is 5.56 Å². The lowest BCUT2D eigenvalue weighted by Crippen LogP contribution is -2.14. The van der Waals surface area contributed by atoms with E-state index in [0.29, 0.717) is 5.65 Å². The van der Waals surface area contributed by atoms with E-state index in [1.54, 1.807) is 6.20 Å². The highest BCUT2D eigenvalue weighted by Crippen LogP contribution is 2.15. The molecule has 0 aliphatic heterocycles. The number of hydrogen-bond donors (Lipinski definition) is 0. The molecule has 0 bridgehead atoms. The fourth-order valence-corrected chi connectivity index (χ4v) is 2.02. The first-order valence-corrected chi connectivity index (χ1v) is 5.10. The number of pyridine rings is 1. The first-order chi connectivity index (χ1) is 6.58. The van der Waals surface area contributed by atoms with E-state index in [1.807, 2.05) is 13.0 Å². The molecule has 0 aromatic carbocycles. The second-order valence-corrected chi connectivity index (χ2v) is 4.25. The van der Waals surface area contributed by atoms with Gasteiger partial charge in [0.05, 0.1) is 0 Å². The molecule has 0 amide bonds. The zero-order chi connectivity index (χ0) is 10.3. The van der Waals surface area contributed by atoms with Gasteiger partial charge in [-0.3, -0.25) is 9.20 Å². The Bertz CT molecular complexity index is 564. The van der Waals surface area contributed by atoms with Crippen molar-refractivity contribution >= 4 is 33.2 Å². The predicted molar refractivity (Wildman–Crippen MR) is 58.9 cm³/mol. The smallest absolute Gasteiger partial charge is 0.259 e. The normalized spacial score (nSPS) is 10.8. The number of aryl methyl sites for hydroxylation is 1. The Hall–Kier alpha value is -0.870. The summed E-state index contributed by atoms with van der Waals surface area (Å²) < 4.78 is 2.30. The average molecular weight is 274 g/mol.